The largest absolute Gasteiger partial charge is 0.478 e. The van der Waals surface area contributed by atoms with Crippen LogP contribution in [0.25, 0.3) is 0 Å². The Kier molecular flexibility index (Phi) is 7.05. The molecule has 6 heteroatoms. The molecular weight excluding hydrogens is 232 g/mol. The van der Waals surface area contributed by atoms with Gasteiger partial charge in [-0.05, 0) is 6.42 Å². The third kappa shape index (κ3) is 5.29. The van der Waals surface area contributed by atoms with Gasteiger partial charge in [-0.1, -0.05) is 6.92 Å². The summed E-state index contributed by atoms with van der Waals surface area (Å²) < 4.78 is 10.8. The van der Waals surface area contributed by atoms with E-state index in [4.69, 9.17) is 15.2 Å². The summed E-state index contributed by atoms with van der Waals surface area (Å²) in [4.78, 5) is 10.3. The number of ether oxygens (including phenoxy) is 2. The van der Waals surface area contributed by atoms with Crippen molar-refractivity contribution in [3.8, 4) is 5.88 Å². The quantitative estimate of drug-likeness (QED) is 0.653. The van der Waals surface area contributed by atoms with Crippen LogP contribution in [0.4, 0.5) is 5.82 Å². The van der Waals surface area contributed by atoms with Gasteiger partial charge >= 0.3 is 0 Å². The molecule has 0 amide bonds. The Bertz CT molecular complexity index is 336. The van der Waals surface area contributed by atoms with Crippen molar-refractivity contribution in [1.29, 1.82) is 0 Å². The van der Waals surface area contributed by atoms with E-state index in [1.165, 1.54) is 6.33 Å². The number of nitrogens with two attached hydrogens (primary N) is 1. The van der Waals surface area contributed by atoms with Crippen LogP contribution in [-0.2, 0) is 4.74 Å². The molecule has 0 aliphatic heterocycles. The van der Waals surface area contributed by atoms with Crippen LogP contribution in [0.3, 0.4) is 0 Å². The third-order valence-corrected chi connectivity index (χ3v) is 2.31. The molecule has 18 heavy (non-hydrogen) atoms. The van der Waals surface area contributed by atoms with Crippen LogP contribution >= 0.6 is 0 Å². The predicted molar refractivity (Wildman–Crippen MR) is 71.0 cm³/mol. The van der Waals surface area contributed by atoms with Crippen molar-refractivity contribution >= 4 is 5.82 Å². The van der Waals surface area contributed by atoms with Crippen LogP contribution in [0.2, 0.25) is 0 Å². The number of hydrogen-bond donors (Lipinski definition) is 1. The standard InChI is InChI=1S/C12H22N4O2/c1-3-6-18-12-9-11(14-10-15-12)16(2)5-8-17-7-4-13/h9-10H,3-8,13H2,1-2H3. The Balaban J connectivity index is 2.43. The van der Waals surface area contributed by atoms with Crippen molar-refractivity contribution in [3.63, 3.8) is 0 Å². The first kappa shape index (κ1) is 14.7. The summed E-state index contributed by atoms with van der Waals surface area (Å²) in [6.07, 6.45) is 2.47. The molecule has 0 saturated heterocycles. The maximum atomic E-state index is 5.46. The van der Waals surface area contributed by atoms with E-state index in [2.05, 4.69) is 16.9 Å². The van der Waals surface area contributed by atoms with E-state index in [0.29, 0.717) is 32.2 Å². The van der Waals surface area contributed by atoms with Crippen molar-refractivity contribution in [2.45, 2.75) is 13.3 Å². The minimum absolute atomic E-state index is 0.548. The fourth-order valence-electron chi connectivity index (χ4n) is 1.33. The Labute approximate surface area is 108 Å². The van der Waals surface area contributed by atoms with Gasteiger partial charge in [0.25, 0.3) is 0 Å². The van der Waals surface area contributed by atoms with Crippen LogP contribution in [0, 0.1) is 0 Å². The first-order valence-corrected chi connectivity index (χ1v) is 6.21. The summed E-state index contributed by atoms with van der Waals surface area (Å²) >= 11 is 0. The van der Waals surface area contributed by atoms with E-state index in [9.17, 15) is 0 Å². The molecule has 0 saturated carbocycles. The highest BCUT2D eigenvalue weighted by Crippen LogP contribution is 2.14. The molecule has 0 aromatic carbocycles. The Morgan fingerprint density at radius 1 is 1.28 bits per heavy atom. The predicted octanol–water partition coefficient (Wildman–Crippen LogP) is 0.677. The molecule has 0 radical (unpaired) electrons. The molecule has 6 nitrogen and oxygen atoms in total. The maximum Gasteiger partial charge on any atom is 0.218 e. The highest BCUT2D eigenvalue weighted by atomic mass is 16.5. The van der Waals surface area contributed by atoms with E-state index in [-0.39, 0.29) is 0 Å². The number of hydrogen-bond acceptors (Lipinski definition) is 6. The first-order chi connectivity index (χ1) is 8.77. The molecule has 0 aliphatic carbocycles. The van der Waals surface area contributed by atoms with E-state index in [1.807, 2.05) is 18.0 Å². The van der Waals surface area contributed by atoms with E-state index in [0.717, 1.165) is 18.8 Å². The van der Waals surface area contributed by atoms with Gasteiger partial charge in [0.05, 0.1) is 19.8 Å². The topological polar surface area (TPSA) is 73.5 Å². The smallest absolute Gasteiger partial charge is 0.218 e. The van der Waals surface area contributed by atoms with Gasteiger partial charge in [-0.3, -0.25) is 0 Å². The Morgan fingerprint density at radius 3 is 2.83 bits per heavy atom. The summed E-state index contributed by atoms with van der Waals surface area (Å²) in [5.74, 6) is 1.43. The van der Waals surface area contributed by atoms with Crippen molar-refractivity contribution in [1.82, 2.24) is 9.97 Å². The monoisotopic (exact) mass is 254 g/mol. The van der Waals surface area contributed by atoms with Gasteiger partial charge in [0.1, 0.15) is 12.1 Å². The highest BCUT2D eigenvalue weighted by Gasteiger charge is 2.04. The molecule has 1 aromatic heterocycles. The number of rotatable bonds is 9. The van der Waals surface area contributed by atoms with E-state index < -0.39 is 0 Å². The minimum Gasteiger partial charge on any atom is -0.478 e. The second-order valence-electron chi connectivity index (χ2n) is 3.89. The second kappa shape index (κ2) is 8.66. The van der Waals surface area contributed by atoms with Crippen molar-refractivity contribution in [3.05, 3.63) is 12.4 Å². The van der Waals surface area contributed by atoms with Gasteiger partial charge in [0, 0.05) is 26.2 Å². The average Bonchev–Trinajstić information content (AvgIpc) is 2.41. The van der Waals surface area contributed by atoms with Gasteiger partial charge in [0.2, 0.25) is 5.88 Å². The molecule has 102 valence electrons. The molecule has 0 fully saturated rings. The molecule has 0 atom stereocenters. The molecule has 0 spiro atoms. The highest BCUT2D eigenvalue weighted by molar-refractivity contribution is 5.39. The van der Waals surface area contributed by atoms with Crippen LogP contribution in [0.5, 0.6) is 5.88 Å². The average molecular weight is 254 g/mol. The summed E-state index contributed by atoms with van der Waals surface area (Å²) in [6, 6.07) is 1.83. The zero-order valence-electron chi connectivity index (χ0n) is 11.1. The summed E-state index contributed by atoms with van der Waals surface area (Å²) in [5, 5.41) is 0. The fourth-order valence-corrected chi connectivity index (χ4v) is 1.33. The lowest BCUT2D eigenvalue weighted by molar-refractivity contribution is 0.148. The van der Waals surface area contributed by atoms with Crippen molar-refractivity contribution in [2.24, 2.45) is 5.73 Å². The molecule has 1 heterocycles. The molecule has 1 aromatic rings. The Hall–Kier alpha value is -1.40. The maximum absolute atomic E-state index is 5.46. The van der Waals surface area contributed by atoms with Crippen molar-refractivity contribution in [2.75, 3.05) is 44.9 Å². The van der Waals surface area contributed by atoms with Gasteiger partial charge in [0.15, 0.2) is 0 Å². The lowest BCUT2D eigenvalue weighted by Crippen LogP contribution is -2.24. The van der Waals surface area contributed by atoms with E-state index in [1.54, 1.807) is 0 Å². The minimum atomic E-state index is 0.548. The molecule has 2 N–H and O–H groups in total. The van der Waals surface area contributed by atoms with Crippen molar-refractivity contribution < 1.29 is 9.47 Å². The lowest BCUT2D eigenvalue weighted by atomic mass is 10.4. The lowest BCUT2D eigenvalue weighted by Gasteiger charge is -2.18. The molecule has 0 unspecified atom stereocenters. The number of anilines is 1. The first-order valence-electron chi connectivity index (χ1n) is 6.21. The summed E-state index contributed by atoms with van der Waals surface area (Å²) in [7, 11) is 1.96. The fraction of sp³-hybridized carbons (Fsp3) is 0.667. The zero-order chi connectivity index (χ0) is 13.2. The van der Waals surface area contributed by atoms with Crippen LogP contribution in [0.15, 0.2) is 12.4 Å². The normalized spacial score (nSPS) is 10.4. The Morgan fingerprint density at radius 2 is 2.11 bits per heavy atom. The van der Waals surface area contributed by atoms with Crippen LogP contribution in [0.1, 0.15) is 13.3 Å². The zero-order valence-corrected chi connectivity index (χ0v) is 11.1. The molecular formula is C12H22N4O2. The SMILES string of the molecule is CCCOc1cc(N(C)CCOCCN)ncn1. The number of aromatic nitrogens is 2. The second-order valence-corrected chi connectivity index (χ2v) is 3.89. The van der Waals surface area contributed by atoms with E-state index >= 15 is 0 Å². The number of likely N-dealkylation sites (N-methyl/N-ethyl adjacent to an activating group) is 1. The summed E-state index contributed by atoms with van der Waals surface area (Å²) in [5.41, 5.74) is 5.35. The van der Waals surface area contributed by atoms with Gasteiger partial charge in [-0.25, -0.2) is 9.97 Å². The third-order valence-electron chi connectivity index (χ3n) is 2.31. The molecule has 0 bridgehead atoms. The molecule has 0 aliphatic rings. The van der Waals surface area contributed by atoms with Crippen LogP contribution in [-0.4, -0.2) is 49.9 Å². The van der Waals surface area contributed by atoms with Crippen LogP contribution < -0.4 is 15.4 Å². The van der Waals surface area contributed by atoms with Gasteiger partial charge in [-0.2, -0.15) is 0 Å². The number of nitrogens with zero attached hydrogens (tertiary/aromatic N) is 3. The van der Waals surface area contributed by atoms with Gasteiger partial charge in [-0.15, -0.1) is 0 Å². The molecule has 1 rings (SSSR count). The summed E-state index contributed by atoms with van der Waals surface area (Å²) in [6.45, 7) is 5.24. The van der Waals surface area contributed by atoms with Gasteiger partial charge < -0.3 is 20.1 Å².